The molecule has 0 atom stereocenters. The van der Waals surface area contributed by atoms with E-state index >= 15 is 0 Å². The molecule has 0 unspecified atom stereocenters. The Morgan fingerprint density at radius 1 is 0.917 bits per heavy atom. The third-order valence-electron chi connectivity index (χ3n) is 4.07. The summed E-state index contributed by atoms with van der Waals surface area (Å²) in [6.45, 7) is 3.55. The molecule has 0 saturated carbocycles. The highest BCUT2D eigenvalue weighted by Crippen LogP contribution is 2.14. The van der Waals surface area contributed by atoms with E-state index in [9.17, 15) is 14.0 Å². The molecule has 0 radical (unpaired) electrons. The number of aryl methyl sites for hydroxylation is 1. The lowest BCUT2D eigenvalue weighted by molar-refractivity contribution is 0.0535. The van der Waals surface area contributed by atoms with Crippen LogP contribution < -0.4 is 0 Å². The van der Waals surface area contributed by atoms with Gasteiger partial charge in [0.2, 0.25) is 0 Å². The predicted molar refractivity (Wildman–Crippen MR) is 87.2 cm³/mol. The van der Waals surface area contributed by atoms with Crippen LogP contribution in [0.4, 0.5) is 4.39 Å². The van der Waals surface area contributed by atoms with Crippen molar-refractivity contribution in [2.45, 2.75) is 6.92 Å². The quantitative estimate of drug-likeness (QED) is 0.849. The van der Waals surface area contributed by atoms with Crippen molar-refractivity contribution < 1.29 is 14.0 Å². The van der Waals surface area contributed by atoms with Crippen LogP contribution in [0.15, 0.2) is 42.7 Å². The number of aromatic nitrogens is 1. The third-order valence-corrected chi connectivity index (χ3v) is 4.07. The number of halogens is 1. The Morgan fingerprint density at radius 3 is 2.00 bits per heavy atom. The lowest BCUT2D eigenvalue weighted by Gasteiger charge is -2.35. The summed E-state index contributed by atoms with van der Waals surface area (Å²) in [4.78, 5) is 32.2. The molecule has 0 N–H and O–H groups in total. The molecule has 6 heteroatoms. The molecule has 1 fully saturated rings. The molecule has 2 heterocycles. The molecule has 3 rings (SSSR count). The van der Waals surface area contributed by atoms with E-state index in [1.54, 1.807) is 47.3 Å². The molecule has 2 aromatic rings. The molecule has 1 aromatic heterocycles. The highest BCUT2D eigenvalue weighted by atomic mass is 19.1. The molecule has 0 aliphatic carbocycles. The zero-order chi connectivity index (χ0) is 17.1. The topological polar surface area (TPSA) is 53.5 Å². The molecule has 0 spiro atoms. The first-order valence-electron chi connectivity index (χ1n) is 7.80. The van der Waals surface area contributed by atoms with Crippen molar-refractivity contribution in [3.05, 3.63) is 65.2 Å². The molecule has 1 saturated heterocycles. The van der Waals surface area contributed by atoms with Crippen molar-refractivity contribution in [2.75, 3.05) is 26.2 Å². The van der Waals surface area contributed by atoms with E-state index in [0.29, 0.717) is 42.9 Å². The van der Waals surface area contributed by atoms with Gasteiger partial charge in [-0.25, -0.2) is 4.39 Å². The van der Waals surface area contributed by atoms with Gasteiger partial charge in [0.15, 0.2) is 0 Å². The summed E-state index contributed by atoms with van der Waals surface area (Å²) in [7, 11) is 0. The van der Waals surface area contributed by atoms with Gasteiger partial charge in [-0.1, -0.05) is 0 Å². The minimum atomic E-state index is -0.412. The van der Waals surface area contributed by atoms with Crippen LogP contribution in [0, 0.1) is 12.7 Å². The van der Waals surface area contributed by atoms with E-state index in [-0.39, 0.29) is 11.8 Å². The molecular formula is C18H18FN3O2. The van der Waals surface area contributed by atoms with Gasteiger partial charge in [0.1, 0.15) is 5.82 Å². The maximum atomic E-state index is 13.5. The highest BCUT2D eigenvalue weighted by Gasteiger charge is 2.25. The number of rotatable bonds is 2. The Balaban J connectivity index is 1.64. The van der Waals surface area contributed by atoms with Gasteiger partial charge >= 0.3 is 0 Å². The molecule has 124 valence electrons. The summed E-state index contributed by atoms with van der Waals surface area (Å²) in [5.41, 5.74) is 1.65. The number of nitrogens with zero attached hydrogens (tertiary/aromatic N) is 3. The number of benzene rings is 1. The lowest BCUT2D eigenvalue weighted by atomic mass is 10.1. The SMILES string of the molecule is Cc1cc(F)cc(C(=O)N2CCN(C(=O)c3ccncc3)CC2)c1. The fourth-order valence-electron chi connectivity index (χ4n) is 2.83. The minimum absolute atomic E-state index is 0.0638. The first kappa shape index (κ1) is 16.1. The van der Waals surface area contributed by atoms with E-state index < -0.39 is 5.82 Å². The zero-order valence-corrected chi connectivity index (χ0v) is 13.4. The number of piperazine rings is 1. The summed E-state index contributed by atoms with van der Waals surface area (Å²) in [5.74, 6) is -0.676. The van der Waals surface area contributed by atoms with Crippen LogP contribution in [-0.4, -0.2) is 52.8 Å². The highest BCUT2D eigenvalue weighted by molar-refractivity contribution is 5.96. The summed E-state index contributed by atoms with van der Waals surface area (Å²) < 4.78 is 13.5. The van der Waals surface area contributed by atoms with Crippen LogP contribution in [0.3, 0.4) is 0 Å². The Bertz CT molecular complexity index is 736. The number of hydrogen-bond donors (Lipinski definition) is 0. The third kappa shape index (κ3) is 3.42. The van der Waals surface area contributed by atoms with Gasteiger partial charge in [0.25, 0.3) is 11.8 Å². The molecule has 1 aromatic carbocycles. The predicted octanol–water partition coefficient (Wildman–Crippen LogP) is 2.13. The molecule has 2 amide bonds. The number of carbonyl (C=O) groups is 2. The zero-order valence-electron chi connectivity index (χ0n) is 13.4. The average Bonchev–Trinajstić information content (AvgIpc) is 2.60. The van der Waals surface area contributed by atoms with Gasteiger partial charge in [0, 0.05) is 49.7 Å². The van der Waals surface area contributed by atoms with Crippen LogP contribution in [-0.2, 0) is 0 Å². The summed E-state index contributed by atoms with van der Waals surface area (Å²) in [6.07, 6.45) is 3.17. The van der Waals surface area contributed by atoms with E-state index in [2.05, 4.69) is 4.98 Å². The van der Waals surface area contributed by atoms with Crippen molar-refractivity contribution in [3.63, 3.8) is 0 Å². The van der Waals surface area contributed by atoms with Gasteiger partial charge in [0.05, 0.1) is 0 Å². The second-order valence-corrected chi connectivity index (χ2v) is 5.84. The van der Waals surface area contributed by atoms with Crippen LogP contribution in [0.2, 0.25) is 0 Å². The molecule has 5 nitrogen and oxygen atoms in total. The van der Waals surface area contributed by atoms with E-state index in [0.717, 1.165) is 0 Å². The Labute approximate surface area is 139 Å². The smallest absolute Gasteiger partial charge is 0.254 e. The van der Waals surface area contributed by atoms with Crippen LogP contribution in [0.25, 0.3) is 0 Å². The Kier molecular flexibility index (Phi) is 4.55. The maximum Gasteiger partial charge on any atom is 0.254 e. The van der Waals surface area contributed by atoms with E-state index in [1.807, 2.05) is 0 Å². The number of amides is 2. The summed E-state index contributed by atoms with van der Waals surface area (Å²) in [6, 6.07) is 7.68. The summed E-state index contributed by atoms with van der Waals surface area (Å²) in [5, 5.41) is 0. The van der Waals surface area contributed by atoms with Crippen LogP contribution in [0.1, 0.15) is 26.3 Å². The van der Waals surface area contributed by atoms with Crippen LogP contribution >= 0.6 is 0 Å². The van der Waals surface area contributed by atoms with Crippen molar-refractivity contribution in [1.82, 2.24) is 14.8 Å². The van der Waals surface area contributed by atoms with Crippen molar-refractivity contribution in [1.29, 1.82) is 0 Å². The first-order valence-corrected chi connectivity index (χ1v) is 7.80. The van der Waals surface area contributed by atoms with Crippen molar-refractivity contribution in [2.24, 2.45) is 0 Å². The molecule has 1 aliphatic rings. The standard InChI is InChI=1S/C18H18FN3O2/c1-13-10-15(12-16(19)11-13)18(24)22-8-6-21(7-9-22)17(23)14-2-4-20-5-3-14/h2-5,10-12H,6-9H2,1H3. The number of carbonyl (C=O) groups excluding carboxylic acids is 2. The van der Waals surface area contributed by atoms with E-state index in [4.69, 9.17) is 0 Å². The first-order chi connectivity index (χ1) is 11.5. The second kappa shape index (κ2) is 6.78. The van der Waals surface area contributed by atoms with Gasteiger partial charge < -0.3 is 9.80 Å². The van der Waals surface area contributed by atoms with E-state index in [1.165, 1.54) is 12.1 Å². The Hall–Kier alpha value is -2.76. The van der Waals surface area contributed by atoms with Crippen molar-refractivity contribution in [3.8, 4) is 0 Å². The molecule has 1 aliphatic heterocycles. The molecule has 24 heavy (non-hydrogen) atoms. The van der Waals surface area contributed by atoms with Gasteiger partial charge in [-0.3, -0.25) is 14.6 Å². The molecule has 0 bridgehead atoms. The molecular weight excluding hydrogens is 309 g/mol. The largest absolute Gasteiger partial charge is 0.335 e. The monoisotopic (exact) mass is 327 g/mol. The minimum Gasteiger partial charge on any atom is -0.335 e. The van der Waals surface area contributed by atoms with Crippen molar-refractivity contribution >= 4 is 11.8 Å². The fraction of sp³-hybridized carbons (Fsp3) is 0.278. The van der Waals surface area contributed by atoms with Gasteiger partial charge in [-0.15, -0.1) is 0 Å². The summed E-state index contributed by atoms with van der Waals surface area (Å²) >= 11 is 0. The van der Waals surface area contributed by atoms with Gasteiger partial charge in [-0.2, -0.15) is 0 Å². The maximum absolute atomic E-state index is 13.5. The average molecular weight is 327 g/mol. The number of hydrogen-bond acceptors (Lipinski definition) is 3. The van der Waals surface area contributed by atoms with Gasteiger partial charge in [-0.05, 0) is 42.8 Å². The number of pyridine rings is 1. The second-order valence-electron chi connectivity index (χ2n) is 5.84. The van der Waals surface area contributed by atoms with Crippen LogP contribution in [0.5, 0.6) is 0 Å². The normalized spacial score (nSPS) is 14.6. The lowest BCUT2D eigenvalue weighted by Crippen LogP contribution is -2.50. The Morgan fingerprint density at radius 2 is 1.46 bits per heavy atom. The fourth-order valence-corrected chi connectivity index (χ4v) is 2.83.